The lowest BCUT2D eigenvalue weighted by Crippen LogP contribution is -2.49. The number of nitrogens with zero attached hydrogens (tertiary/aromatic N) is 3. The Labute approximate surface area is 146 Å². The zero-order chi connectivity index (χ0) is 17.6. The molecule has 4 nitrogen and oxygen atoms in total. The van der Waals surface area contributed by atoms with Gasteiger partial charge in [0.25, 0.3) is 0 Å². The molecule has 0 aliphatic carbocycles. The Hall–Kier alpha value is -2.34. The smallest absolute Gasteiger partial charge is 0.228 e. The Morgan fingerprint density at radius 1 is 1.04 bits per heavy atom. The van der Waals surface area contributed by atoms with Gasteiger partial charge in [-0.25, -0.2) is 8.78 Å². The van der Waals surface area contributed by atoms with Gasteiger partial charge in [0, 0.05) is 44.6 Å². The van der Waals surface area contributed by atoms with Crippen LogP contribution in [-0.2, 0) is 17.6 Å². The van der Waals surface area contributed by atoms with E-state index in [0.29, 0.717) is 25.9 Å². The quantitative estimate of drug-likeness (QED) is 0.834. The largest absolute Gasteiger partial charge is 0.340 e. The standard InChI is InChI=1S/C19H21F2N3O/c20-17-5-4-15(13-18(17)21)6-8-23-9-11-24(12-10-23)19(25)14-16-3-1-2-7-22-16/h1-5,7,13H,6,8-12,14H2. The van der Waals surface area contributed by atoms with E-state index in [1.807, 2.05) is 23.1 Å². The first-order valence-corrected chi connectivity index (χ1v) is 8.46. The van der Waals surface area contributed by atoms with Crippen LogP contribution < -0.4 is 0 Å². The van der Waals surface area contributed by atoms with Gasteiger partial charge < -0.3 is 4.90 Å². The lowest BCUT2D eigenvalue weighted by atomic mass is 10.1. The average Bonchev–Trinajstić information content (AvgIpc) is 2.64. The zero-order valence-electron chi connectivity index (χ0n) is 14.0. The Balaban J connectivity index is 1.43. The summed E-state index contributed by atoms with van der Waals surface area (Å²) >= 11 is 0. The maximum absolute atomic E-state index is 13.2. The molecule has 0 bridgehead atoms. The van der Waals surface area contributed by atoms with Crippen molar-refractivity contribution in [1.82, 2.24) is 14.8 Å². The fraction of sp³-hybridized carbons (Fsp3) is 0.368. The lowest BCUT2D eigenvalue weighted by Gasteiger charge is -2.34. The predicted molar refractivity (Wildman–Crippen MR) is 91.0 cm³/mol. The third kappa shape index (κ3) is 4.82. The molecule has 0 spiro atoms. The summed E-state index contributed by atoms with van der Waals surface area (Å²) in [5.41, 5.74) is 1.57. The van der Waals surface area contributed by atoms with Gasteiger partial charge in [-0.05, 0) is 36.2 Å². The summed E-state index contributed by atoms with van der Waals surface area (Å²) in [5.74, 6) is -1.52. The Morgan fingerprint density at radius 3 is 2.52 bits per heavy atom. The third-order valence-corrected chi connectivity index (χ3v) is 4.48. The minimum absolute atomic E-state index is 0.0963. The first kappa shape index (κ1) is 17.5. The number of hydrogen-bond acceptors (Lipinski definition) is 3. The molecular formula is C19H21F2N3O. The molecule has 1 aliphatic heterocycles. The fourth-order valence-corrected chi connectivity index (χ4v) is 2.97. The van der Waals surface area contributed by atoms with Crippen LogP contribution in [0.3, 0.4) is 0 Å². The molecule has 2 heterocycles. The maximum atomic E-state index is 13.2. The van der Waals surface area contributed by atoms with E-state index in [1.54, 1.807) is 12.3 Å². The molecule has 132 valence electrons. The minimum Gasteiger partial charge on any atom is -0.340 e. The third-order valence-electron chi connectivity index (χ3n) is 4.48. The first-order chi connectivity index (χ1) is 12.1. The van der Waals surface area contributed by atoms with Crippen LogP contribution in [0.1, 0.15) is 11.3 Å². The highest BCUT2D eigenvalue weighted by atomic mass is 19.2. The van der Waals surface area contributed by atoms with Gasteiger partial charge >= 0.3 is 0 Å². The Kier molecular flexibility index (Phi) is 5.71. The van der Waals surface area contributed by atoms with E-state index < -0.39 is 11.6 Å². The maximum Gasteiger partial charge on any atom is 0.228 e. The highest BCUT2D eigenvalue weighted by Gasteiger charge is 2.21. The van der Waals surface area contributed by atoms with Crippen LogP contribution in [0.25, 0.3) is 0 Å². The molecule has 1 amide bonds. The Morgan fingerprint density at radius 2 is 1.84 bits per heavy atom. The van der Waals surface area contributed by atoms with Crippen molar-refractivity contribution in [2.75, 3.05) is 32.7 Å². The number of hydrogen-bond donors (Lipinski definition) is 0. The zero-order valence-corrected chi connectivity index (χ0v) is 14.0. The second-order valence-corrected chi connectivity index (χ2v) is 6.22. The van der Waals surface area contributed by atoms with Gasteiger partial charge in [-0.2, -0.15) is 0 Å². The molecular weight excluding hydrogens is 324 g/mol. The van der Waals surface area contributed by atoms with Gasteiger partial charge in [-0.1, -0.05) is 12.1 Å². The van der Waals surface area contributed by atoms with E-state index in [9.17, 15) is 13.6 Å². The van der Waals surface area contributed by atoms with E-state index in [-0.39, 0.29) is 5.91 Å². The molecule has 0 atom stereocenters. The number of carbonyl (C=O) groups excluding carboxylic acids is 1. The molecule has 2 aromatic rings. The first-order valence-electron chi connectivity index (χ1n) is 8.46. The molecule has 1 saturated heterocycles. The van der Waals surface area contributed by atoms with Crippen LogP contribution in [0.15, 0.2) is 42.6 Å². The highest BCUT2D eigenvalue weighted by Crippen LogP contribution is 2.11. The topological polar surface area (TPSA) is 36.4 Å². The summed E-state index contributed by atoms with van der Waals surface area (Å²) in [6, 6.07) is 9.60. The second kappa shape index (κ2) is 8.16. The average molecular weight is 345 g/mol. The van der Waals surface area contributed by atoms with Gasteiger partial charge in [0.15, 0.2) is 11.6 Å². The van der Waals surface area contributed by atoms with Gasteiger partial charge in [-0.3, -0.25) is 14.7 Å². The second-order valence-electron chi connectivity index (χ2n) is 6.22. The molecule has 6 heteroatoms. The van der Waals surface area contributed by atoms with Crippen LogP contribution in [-0.4, -0.2) is 53.4 Å². The van der Waals surface area contributed by atoms with Crippen molar-refractivity contribution in [3.05, 3.63) is 65.5 Å². The van der Waals surface area contributed by atoms with Crippen LogP contribution in [0.5, 0.6) is 0 Å². The summed E-state index contributed by atoms with van der Waals surface area (Å²) in [6.45, 7) is 3.72. The van der Waals surface area contributed by atoms with E-state index in [1.165, 1.54) is 12.1 Å². The number of benzene rings is 1. The van der Waals surface area contributed by atoms with Crippen molar-refractivity contribution >= 4 is 5.91 Å². The van der Waals surface area contributed by atoms with Crippen LogP contribution in [0, 0.1) is 11.6 Å². The molecule has 1 fully saturated rings. The number of amides is 1. The highest BCUT2D eigenvalue weighted by molar-refractivity contribution is 5.78. The van der Waals surface area contributed by atoms with Crippen LogP contribution in [0.2, 0.25) is 0 Å². The number of pyridine rings is 1. The van der Waals surface area contributed by atoms with E-state index in [2.05, 4.69) is 9.88 Å². The molecule has 0 N–H and O–H groups in total. The number of halogens is 2. The summed E-state index contributed by atoms with van der Waals surface area (Å²) in [7, 11) is 0. The fourth-order valence-electron chi connectivity index (χ4n) is 2.97. The molecule has 3 rings (SSSR count). The van der Waals surface area contributed by atoms with E-state index in [4.69, 9.17) is 0 Å². The minimum atomic E-state index is -0.816. The molecule has 1 aromatic carbocycles. The normalized spacial score (nSPS) is 15.4. The number of rotatable bonds is 5. The molecule has 25 heavy (non-hydrogen) atoms. The van der Waals surface area contributed by atoms with Crippen molar-refractivity contribution in [2.45, 2.75) is 12.8 Å². The van der Waals surface area contributed by atoms with Gasteiger partial charge in [0.05, 0.1) is 6.42 Å². The Bertz CT molecular complexity index is 716. The molecule has 0 unspecified atom stereocenters. The summed E-state index contributed by atoms with van der Waals surface area (Å²) in [6.07, 6.45) is 2.69. The van der Waals surface area contributed by atoms with Gasteiger partial charge in [-0.15, -0.1) is 0 Å². The van der Waals surface area contributed by atoms with Crippen molar-refractivity contribution in [3.63, 3.8) is 0 Å². The van der Waals surface area contributed by atoms with Gasteiger partial charge in [0.1, 0.15) is 0 Å². The van der Waals surface area contributed by atoms with Crippen molar-refractivity contribution < 1.29 is 13.6 Å². The van der Waals surface area contributed by atoms with E-state index in [0.717, 1.165) is 30.9 Å². The predicted octanol–water partition coefficient (Wildman–Crippen LogP) is 2.29. The lowest BCUT2D eigenvalue weighted by molar-refractivity contribution is -0.132. The number of piperazine rings is 1. The monoisotopic (exact) mass is 345 g/mol. The van der Waals surface area contributed by atoms with Crippen molar-refractivity contribution in [3.8, 4) is 0 Å². The van der Waals surface area contributed by atoms with Crippen LogP contribution >= 0.6 is 0 Å². The molecule has 0 saturated carbocycles. The summed E-state index contributed by atoms with van der Waals surface area (Å²) < 4.78 is 26.2. The molecule has 1 aliphatic rings. The van der Waals surface area contributed by atoms with Crippen molar-refractivity contribution in [1.29, 1.82) is 0 Å². The number of carbonyl (C=O) groups is 1. The number of aromatic nitrogens is 1. The summed E-state index contributed by atoms with van der Waals surface area (Å²) in [4.78, 5) is 20.6. The van der Waals surface area contributed by atoms with Crippen molar-refractivity contribution in [2.24, 2.45) is 0 Å². The molecule has 1 aromatic heterocycles. The van der Waals surface area contributed by atoms with E-state index >= 15 is 0 Å². The summed E-state index contributed by atoms with van der Waals surface area (Å²) in [5, 5.41) is 0. The molecule has 0 radical (unpaired) electrons. The van der Waals surface area contributed by atoms with Crippen LogP contribution in [0.4, 0.5) is 8.78 Å². The SMILES string of the molecule is O=C(Cc1ccccn1)N1CCN(CCc2ccc(F)c(F)c2)CC1. The van der Waals surface area contributed by atoms with Gasteiger partial charge in [0.2, 0.25) is 5.91 Å².